The van der Waals surface area contributed by atoms with E-state index >= 15 is 0 Å². The minimum atomic E-state index is -0.678. The zero-order valence-corrected chi connectivity index (χ0v) is 25.0. The van der Waals surface area contributed by atoms with E-state index in [0.29, 0.717) is 12.8 Å². The van der Waals surface area contributed by atoms with Gasteiger partial charge < -0.3 is 9.84 Å². The molecule has 0 rings (SSSR count). The summed E-state index contributed by atoms with van der Waals surface area (Å²) in [5.74, 6) is -0.658. The van der Waals surface area contributed by atoms with Gasteiger partial charge in [-0.2, -0.15) is 0 Å². The largest absolute Gasteiger partial charge is 0.481 e. The molecule has 0 aromatic carbocycles. The Balaban J connectivity index is 3.65. The van der Waals surface area contributed by atoms with Gasteiger partial charge in [-0.3, -0.25) is 9.59 Å². The van der Waals surface area contributed by atoms with Gasteiger partial charge in [-0.1, -0.05) is 149 Å². The molecule has 0 saturated heterocycles. The summed E-state index contributed by atoms with van der Waals surface area (Å²) in [7, 11) is 0. The van der Waals surface area contributed by atoms with Crippen LogP contribution in [0, 0.1) is 0 Å². The van der Waals surface area contributed by atoms with E-state index in [1.807, 2.05) is 0 Å². The lowest BCUT2D eigenvalue weighted by Crippen LogP contribution is -2.18. The van der Waals surface area contributed by atoms with Crippen LogP contribution in [0.25, 0.3) is 0 Å². The van der Waals surface area contributed by atoms with Crippen molar-refractivity contribution < 1.29 is 19.4 Å². The zero-order valence-electron chi connectivity index (χ0n) is 25.0. The van der Waals surface area contributed by atoms with Crippen LogP contribution in [-0.2, 0) is 14.3 Å². The smallest absolute Gasteiger partial charge is 0.306 e. The standard InChI is InChI=1S/C33H64O4/c1-3-5-7-8-9-10-11-12-13-17-20-23-26-30-33(36)37-31(27-6-4-2)28-24-21-18-15-14-16-19-22-25-29-32(34)35/h31H,3-30H2,1-2H3,(H,34,35). The molecule has 0 radical (unpaired) electrons. The molecule has 0 aliphatic carbocycles. The van der Waals surface area contributed by atoms with Crippen molar-refractivity contribution in [2.24, 2.45) is 0 Å². The Labute approximate surface area is 231 Å². The van der Waals surface area contributed by atoms with Crippen LogP contribution in [0.2, 0.25) is 0 Å². The monoisotopic (exact) mass is 524 g/mol. The molecule has 0 aliphatic rings. The molecule has 0 heterocycles. The molecule has 1 atom stereocenters. The van der Waals surface area contributed by atoms with Crippen molar-refractivity contribution in [1.29, 1.82) is 0 Å². The minimum Gasteiger partial charge on any atom is -0.481 e. The van der Waals surface area contributed by atoms with Crippen LogP contribution in [0.1, 0.15) is 194 Å². The molecule has 220 valence electrons. The van der Waals surface area contributed by atoms with Crippen molar-refractivity contribution in [3.05, 3.63) is 0 Å². The Bertz CT molecular complexity index is 491. The fourth-order valence-corrected chi connectivity index (χ4v) is 5.11. The number of hydrogen-bond acceptors (Lipinski definition) is 3. The Morgan fingerprint density at radius 3 is 1.27 bits per heavy atom. The SMILES string of the molecule is CCCCCCCCCCCCCCCC(=O)OC(CCCC)CCCCCCCCCCCC(=O)O. The summed E-state index contributed by atoms with van der Waals surface area (Å²) in [6, 6.07) is 0. The highest BCUT2D eigenvalue weighted by Gasteiger charge is 2.13. The second-order valence-corrected chi connectivity index (χ2v) is 11.4. The van der Waals surface area contributed by atoms with E-state index in [1.54, 1.807) is 0 Å². The van der Waals surface area contributed by atoms with Crippen LogP contribution in [0.4, 0.5) is 0 Å². The maximum Gasteiger partial charge on any atom is 0.306 e. The number of carboxylic acids is 1. The van der Waals surface area contributed by atoms with Crippen LogP contribution in [0.5, 0.6) is 0 Å². The Kier molecular flexibility index (Phi) is 28.7. The molecule has 0 amide bonds. The van der Waals surface area contributed by atoms with Gasteiger partial charge in [0.1, 0.15) is 6.10 Å². The summed E-state index contributed by atoms with van der Waals surface area (Å²) in [5, 5.41) is 8.66. The second kappa shape index (κ2) is 29.5. The first-order valence-corrected chi connectivity index (χ1v) is 16.5. The average Bonchev–Trinajstić information content (AvgIpc) is 2.88. The first-order chi connectivity index (χ1) is 18.1. The van der Waals surface area contributed by atoms with Crippen molar-refractivity contribution in [2.45, 2.75) is 200 Å². The summed E-state index contributed by atoms with van der Waals surface area (Å²) < 4.78 is 5.88. The maximum absolute atomic E-state index is 12.4. The first-order valence-electron chi connectivity index (χ1n) is 16.5. The van der Waals surface area contributed by atoms with Gasteiger partial charge in [-0.25, -0.2) is 0 Å². The van der Waals surface area contributed by atoms with E-state index in [9.17, 15) is 9.59 Å². The third kappa shape index (κ3) is 29.4. The van der Waals surface area contributed by atoms with Crippen LogP contribution in [0.3, 0.4) is 0 Å². The number of ether oxygens (including phenoxy) is 1. The van der Waals surface area contributed by atoms with Gasteiger partial charge in [0.05, 0.1) is 0 Å². The molecular formula is C33H64O4. The lowest BCUT2D eigenvalue weighted by atomic mass is 10.0. The van der Waals surface area contributed by atoms with Gasteiger partial charge in [0, 0.05) is 12.8 Å². The maximum atomic E-state index is 12.4. The summed E-state index contributed by atoms with van der Waals surface area (Å²) in [6.45, 7) is 4.48. The molecule has 0 saturated carbocycles. The number of carbonyl (C=O) groups excluding carboxylic acids is 1. The quantitative estimate of drug-likeness (QED) is 0.0749. The van der Waals surface area contributed by atoms with Crippen LogP contribution >= 0.6 is 0 Å². The molecule has 0 aromatic heterocycles. The van der Waals surface area contributed by atoms with Crippen LogP contribution in [-0.4, -0.2) is 23.1 Å². The number of rotatable bonds is 30. The number of carboxylic acid groups (broad SMARTS) is 1. The molecule has 4 nitrogen and oxygen atoms in total. The number of esters is 1. The molecular weight excluding hydrogens is 460 g/mol. The van der Waals surface area contributed by atoms with E-state index in [1.165, 1.54) is 103 Å². The summed E-state index contributed by atoms with van der Waals surface area (Å²) >= 11 is 0. The number of hydrogen-bond donors (Lipinski definition) is 1. The van der Waals surface area contributed by atoms with Crippen molar-refractivity contribution in [1.82, 2.24) is 0 Å². The zero-order chi connectivity index (χ0) is 27.2. The van der Waals surface area contributed by atoms with Crippen molar-refractivity contribution in [2.75, 3.05) is 0 Å². The van der Waals surface area contributed by atoms with Gasteiger partial charge in [-0.15, -0.1) is 0 Å². The van der Waals surface area contributed by atoms with E-state index in [-0.39, 0.29) is 12.1 Å². The summed E-state index contributed by atoms with van der Waals surface area (Å²) in [5.41, 5.74) is 0. The van der Waals surface area contributed by atoms with E-state index in [2.05, 4.69) is 13.8 Å². The predicted octanol–water partition coefficient (Wildman–Crippen LogP) is 10.9. The molecule has 0 fully saturated rings. The number of carbonyl (C=O) groups is 2. The van der Waals surface area contributed by atoms with Gasteiger partial charge in [0.15, 0.2) is 0 Å². The summed E-state index contributed by atoms with van der Waals surface area (Å²) in [4.78, 5) is 22.9. The molecule has 0 aromatic rings. The minimum absolute atomic E-state index is 0.0204. The fraction of sp³-hybridized carbons (Fsp3) is 0.939. The summed E-state index contributed by atoms with van der Waals surface area (Å²) in [6.07, 6.45) is 32.9. The first kappa shape index (κ1) is 35.9. The predicted molar refractivity (Wildman–Crippen MR) is 158 cm³/mol. The molecule has 37 heavy (non-hydrogen) atoms. The van der Waals surface area contributed by atoms with Crippen molar-refractivity contribution in [3.63, 3.8) is 0 Å². The van der Waals surface area contributed by atoms with Crippen molar-refractivity contribution in [3.8, 4) is 0 Å². The third-order valence-corrected chi connectivity index (χ3v) is 7.58. The molecule has 1 N–H and O–H groups in total. The molecule has 1 unspecified atom stereocenters. The van der Waals surface area contributed by atoms with Crippen molar-refractivity contribution >= 4 is 11.9 Å². The van der Waals surface area contributed by atoms with Gasteiger partial charge in [0.2, 0.25) is 0 Å². The van der Waals surface area contributed by atoms with Gasteiger partial charge in [0.25, 0.3) is 0 Å². The lowest BCUT2D eigenvalue weighted by molar-refractivity contribution is -0.150. The van der Waals surface area contributed by atoms with E-state index in [0.717, 1.165) is 64.2 Å². The second-order valence-electron chi connectivity index (χ2n) is 11.4. The molecule has 0 bridgehead atoms. The lowest BCUT2D eigenvalue weighted by Gasteiger charge is -2.18. The fourth-order valence-electron chi connectivity index (χ4n) is 5.11. The molecule has 0 spiro atoms. The highest BCUT2D eigenvalue weighted by molar-refractivity contribution is 5.69. The van der Waals surface area contributed by atoms with E-state index < -0.39 is 5.97 Å². The van der Waals surface area contributed by atoms with E-state index in [4.69, 9.17) is 9.84 Å². The number of unbranched alkanes of at least 4 members (excludes halogenated alkanes) is 21. The molecule has 4 heteroatoms. The third-order valence-electron chi connectivity index (χ3n) is 7.58. The average molecular weight is 525 g/mol. The van der Waals surface area contributed by atoms with Gasteiger partial charge in [-0.05, 0) is 32.1 Å². The number of aliphatic carboxylic acids is 1. The Morgan fingerprint density at radius 1 is 0.486 bits per heavy atom. The topological polar surface area (TPSA) is 63.6 Å². The Hall–Kier alpha value is -1.06. The normalized spacial score (nSPS) is 12.1. The van der Waals surface area contributed by atoms with Crippen LogP contribution < -0.4 is 0 Å². The molecule has 0 aliphatic heterocycles. The highest BCUT2D eigenvalue weighted by Crippen LogP contribution is 2.18. The van der Waals surface area contributed by atoms with Gasteiger partial charge >= 0.3 is 11.9 Å². The Morgan fingerprint density at radius 2 is 0.838 bits per heavy atom. The highest BCUT2D eigenvalue weighted by atomic mass is 16.5. The van der Waals surface area contributed by atoms with Crippen LogP contribution in [0.15, 0.2) is 0 Å².